The highest BCUT2D eigenvalue weighted by Crippen LogP contribution is 2.31. The molecule has 0 aliphatic carbocycles. The number of hydrogen-bond donors (Lipinski definition) is 1. The number of aromatic nitrogens is 2. The molecule has 0 fully saturated rings. The molecular weight excluding hydrogens is 402 g/mol. The van der Waals surface area contributed by atoms with Crippen molar-refractivity contribution in [1.82, 2.24) is 9.97 Å². The molecule has 4 rings (SSSR count). The van der Waals surface area contributed by atoms with Crippen LogP contribution in [-0.2, 0) is 9.84 Å². The van der Waals surface area contributed by atoms with Gasteiger partial charge in [0, 0.05) is 18.0 Å². The zero-order valence-corrected chi connectivity index (χ0v) is 16.6. The third kappa shape index (κ3) is 3.79. The first-order valence-corrected chi connectivity index (χ1v) is 10.8. The SMILES string of the molecule is CS(=O)(=O)c1cccc(-c2cc3cc[nH]c(=O)c3c(Oc3ccc(C#N)cc3)n2)c1. The molecule has 8 heteroatoms. The van der Waals surface area contributed by atoms with E-state index in [1.807, 2.05) is 6.07 Å². The average Bonchev–Trinajstić information content (AvgIpc) is 2.73. The van der Waals surface area contributed by atoms with E-state index in [0.717, 1.165) is 6.26 Å². The predicted molar refractivity (Wildman–Crippen MR) is 112 cm³/mol. The highest BCUT2D eigenvalue weighted by atomic mass is 32.2. The summed E-state index contributed by atoms with van der Waals surface area (Å²) in [5.74, 6) is 0.493. The summed E-state index contributed by atoms with van der Waals surface area (Å²) in [4.78, 5) is 19.7. The van der Waals surface area contributed by atoms with Crippen LogP contribution in [0.5, 0.6) is 11.6 Å². The van der Waals surface area contributed by atoms with Crippen LogP contribution in [0.15, 0.2) is 76.6 Å². The van der Waals surface area contributed by atoms with E-state index < -0.39 is 9.84 Å². The Labute approximate surface area is 172 Å². The maximum atomic E-state index is 12.4. The van der Waals surface area contributed by atoms with E-state index in [1.165, 1.54) is 18.3 Å². The van der Waals surface area contributed by atoms with Gasteiger partial charge in [-0.15, -0.1) is 0 Å². The van der Waals surface area contributed by atoms with Crippen molar-refractivity contribution in [2.24, 2.45) is 0 Å². The molecule has 30 heavy (non-hydrogen) atoms. The highest BCUT2D eigenvalue weighted by Gasteiger charge is 2.15. The van der Waals surface area contributed by atoms with Gasteiger partial charge in [-0.1, -0.05) is 12.1 Å². The van der Waals surface area contributed by atoms with Crippen LogP contribution < -0.4 is 10.3 Å². The monoisotopic (exact) mass is 417 g/mol. The van der Waals surface area contributed by atoms with Gasteiger partial charge in [0.25, 0.3) is 5.56 Å². The van der Waals surface area contributed by atoms with E-state index in [4.69, 9.17) is 10.00 Å². The minimum atomic E-state index is -3.39. The van der Waals surface area contributed by atoms with Crippen LogP contribution in [0.1, 0.15) is 5.56 Å². The number of benzene rings is 2. The minimum absolute atomic E-state index is 0.0822. The van der Waals surface area contributed by atoms with Crippen LogP contribution in [0.2, 0.25) is 0 Å². The third-order valence-corrected chi connectivity index (χ3v) is 5.59. The zero-order valence-electron chi connectivity index (χ0n) is 15.8. The third-order valence-electron chi connectivity index (χ3n) is 4.48. The molecule has 0 atom stereocenters. The molecule has 2 aromatic heterocycles. The lowest BCUT2D eigenvalue weighted by Crippen LogP contribution is -2.07. The first-order valence-electron chi connectivity index (χ1n) is 8.86. The smallest absolute Gasteiger partial charge is 0.261 e. The van der Waals surface area contributed by atoms with Gasteiger partial charge in [0.05, 0.1) is 22.2 Å². The number of nitriles is 1. The Morgan fingerprint density at radius 1 is 1.07 bits per heavy atom. The fourth-order valence-corrected chi connectivity index (χ4v) is 3.66. The molecule has 0 saturated carbocycles. The predicted octanol–water partition coefficient (Wildman–Crippen LogP) is 3.66. The molecule has 0 saturated heterocycles. The standard InChI is InChI=1S/C22H15N3O4S/c1-30(27,28)18-4-2-3-15(11-18)19-12-16-9-10-24-21(26)20(16)22(25-19)29-17-7-5-14(13-23)6-8-17/h2-12H,1H3,(H,24,26). The Kier molecular flexibility index (Phi) is 4.82. The van der Waals surface area contributed by atoms with Crippen molar-refractivity contribution in [1.29, 1.82) is 5.26 Å². The lowest BCUT2D eigenvalue weighted by molar-refractivity contribution is 0.469. The summed E-state index contributed by atoms with van der Waals surface area (Å²) in [5, 5.41) is 9.81. The van der Waals surface area contributed by atoms with Crippen LogP contribution in [0.25, 0.3) is 22.0 Å². The van der Waals surface area contributed by atoms with Crippen molar-refractivity contribution in [2.75, 3.05) is 6.26 Å². The van der Waals surface area contributed by atoms with Gasteiger partial charge in [-0.3, -0.25) is 4.79 Å². The summed E-state index contributed by atoms with van der Waals surface area (Å²) in [5.41, 5.74) is 1.15. The molecule has 0 spiro atoms. The molecular formula is C22H15N3O4S. The van der Waals surface area contributed by atoms with Crippen LogP contribution in [0, 0.1) is 11.3 Å². The van der Waals surface area contributed by atoms with Gasteiger partial charge in [-0.2, -0.15) is 5.26 Å². The van der Waals surface area contributed by atoms with Crippen molar-refractivity contribution in [2.45, 2.75) is 4.90 Å². The Balaban J connectivity index is 1.89. The number of sulfone groups is 1. The number of fused-ring (bicyclic) bond motifs is 1. The molecule has 0 radical (unpaired) electrons. The second-order valence-corrected chi connectivity index (χ2v) is 8.64. The molecule has 2 heterocycles. The summed E-state index contributed by atoms with van der Waals surface area (Å²) in [6.45, 7) is 0. The summed E-state index contributed by atoms with van der Waals surface area (Å²) in [7, 11) is -3.39. The number of pyridine rings is 2. The summed E-state index contributed by atoms with van der Waals surface area (Å²) in [6, 6.07) is 18.3. The van der Waals surface area contributed by atoms with Crippen molar-refractivity contribution in [3.05, 3.63) is 82.8 Å². The second-order valence-electron chi connectivity index (χ2n) is 6.62. The van der Waals surface area contributed by atoms with Crippen molar-refractivity contribution in [3.63, 3.8) is 0 Å². The van der Waals surface area contributed by atoms with Gasteiger partial charge in [0.15, 0.2) is 9.84 Å². The number of rotatable bonds is 4. The Morgan fingerprint density at radius 3 is 2.53 bits per heavy atom. The first kappa shape index (κ1) is 19.4. The lowest BCUT2D eigenvalue weighted by Gasteiger charge is -2.11. The molecule has 0 amide bonds. The van der Waals surface area contributed by atoms with Gasteiger partial charge in [0.2, 0.25) is 5.88 Å². The average molecular weight is 417 g/mol. The number of nitrogens with one attached hydrogen (secondary N) is 1. The zero-order chi connectivity index (χ0) is 21.3. The number of hydrogen-bond acceptors (Lipinski definition) is 6. The fourth-order valence-electron chi connectivity index (χ4n) is 3.00. The van der Waals surface area contributed by atoms with Crippen molar-refractivity contribution in [3.8, 4) is 29.0 Å². The van der Waals surface area contributed by atoms with Crippen LogP contribution in [0.4, 0.5) is 0 Å². The van der Waals surface area contributed by atoms with Gasteiger partial charge >= 0.3 is 0 Å². The van der Waals surface area contributed by atoms with Gasteiger partial charge < -0.3 is 9.72 Å². The quantitative estimate of drug-likeness (QED) is 0.542. The molecule has 2 aromatic carbocycles. The molecule has 0 bridgehead atoms. The molecule has 4 aromatic rings. The van der Waals surface area contributed by atoms with Crippen LogP contribution in [0.3, 0.4) is 0 Å². The van der Waals surface area contributed by atoms with Gasteiger partial charge in [-0.25, -0.2) is 13.4 Å². The molecule has 148 valence electrons. The van der Waals surface area contributed by atoms with Gasteiger partial charge in [-0.05, 0) is 53.9 Å². The van der Waals surface area contributed by atoms with E-state index in [1.54, 1.807) is 48.5 Å². The molecule has 0 unspecified atom stereocenters. The van der Waals surface area contributed by atoms with Crippen molar-refractivity contribution < 1.29 is 13.2 Å². The van der Waals surface area contributed by atoms with Crippen LogP contribution >= 0.6 is 0 Å². The van der Waals surface area contributed by atoms with E-state index >= 15 is 0 Å². The fraction of sp³-hybridized carbons (Fsp3) is 0.0455. The molecule has 0 aliphatic rings. The summed E-state index contributed by atoms with van der Waals surface area (Å²) in [6.07, 6.45) is 2.66. The normalized spacial score (nSPS) is 11.2. The topological polar surface area (TPSA) is 113 Å². The van der Waals surface area contributed by atoms with E-state index in [2.05, 4.69) is 9.97 Å². The van der Waals surface area contributed by atoms with Gasteiger partial charge in [0.1, 0.15) is 11.1 Å². The number of aromatic amines is 1. The first-order chi connectivity index (χ1) is 14.3. The number of ether oxygens (including phenoxy) is 1. The maximum Gasteiger partial charge on any atom is 0.261 e. The van der Waals surface area contributed by atoms with Crippen molar-refractivity contribution >= 4 is 20.6 Å². The summed E-state index contributed by atoms with van der Waals surface area (Å²) < 4.78 is 29.7. The Hall–Kier alpha value is -3.96. The summed E-state index contributed by atoms with van der Waals surface area (Å²) >= 11 is 0. The van der Waals surface area contributed by atoms with E-state index in [0.29, 0.717) is 28.0 Å². The second kappa shape index (κ2) is 7.46. The molecule has 0 aliphatic heterocycles. The lowest BCUT2D eigenvalue weighted by atomic mass is 10.1. The maximum absolute atomic E-state index is 12.4. The molecule has 7 nitrogen and oxygen atoms in total. The largest absolute Gasteiger partial charge is 0.438 e. The minimum Gasteiger partial charge on any atom is -0.438 e. The highest BCUT2D eigenvalue weighted by molar-refractivity contribution is 7.90. The number of nitrogens with zero attached hydrogens (tertiary/aromatic N) is 2. The van der Waals surface area contributed by atoms with E-state index in [-0.39, 0.29) is 21.7 Å². The number of H-pyrrole nitrogens is 1. The Bertz CT molecular complexity index is 1470. The Morgan fingerprint density at radius 2 is 1.83 bits per heavy atom. The molecule has 1 N–H and O–H groups in total. The van der Waals surface area contributed by atoms with E-state index in [9.17, 15) is 13.2 Å². The van der Waals surface area contributed by atoms with Crippen LogP contribution in [-0.4, -0.2) is 24.6 Å².